The Morgan fingerprint density at radius 1 is 1.50 bits per heavy atom. The van der Waals surface area contributed by atoms with Crippen molar-refractivity contribution in [1.29, 1.82) is 0 Å². The van der Waals surface area contributed by atoms with Gasteiger partial charge in [-0.1, -0.05) is 0 Å². The van der Waals surface area contributed by atoms with Gasteiger partial charge in [0.15, 0.2) is 11.9 Å². The summed E-state index contributed by atoms with van der Waals surface area (Å²) in [7, 11) is 0. The highest BCUT2D eigenvalue weighted by Gasteiger charge is 2.14. The van der Waals surface area contributed by atoms with Crippen LogP contribution < -0.4 is 10.6 Å². The quantitative estimate of drug-likeness (QED) is 0.811. The van der Waals surface area contributed by atoms with E-state index in [0.717, 1.165) is 30.8 Å². The van der Waals surface area contributed by atoms with E-state index in [1.54, 1.807) is 6.20 Å². The van der Waals surface area contributed by atoms with Gasteiger partial charge in [0.1, 0.15) is 0 Å². The van der Waals surface area contributed by atoms with Crippen LogP contribution in [0.1, 0.15) is 6.42 Å². The van der Waals surface area contributed by atoms with Gasteiger partial charge in [-0.25, -0.2) is 9.97 Å². The maximum absolute atomic E-state index is 5.16. The normalized spacial score (nSPS) is 20.4. The summed E-state index contributed by atoms with van der Waals surface area (Å²) in [5.41, 5.74) is 2.41. The Balaban J connectivity index is 1.75. The maximum Gasteiger partial charge on any atom is 0.248 e. The number of hydrogen-bond acceptors (Lipinski definition) is 5. The summed E-state index contributed by atoms with van der Waals surface area (Å²) in [5.74, 6) is 0.704. The summed E-state index contributed by atoms with van der Waals surface area (Å²) in [6, 6.07) is 1.94. The van der Waals surface area contributed by atoms with Crippen LogP contribution in [0.25, 0.3) is 11.2 Å². The van der Waals surface area contributed by atoms with Gasteiger partial charge in [0.25, 0.3) is 0 Å². The molecule has 1 aliphatic rings. The standard InChI is InChI=1S/C11H14N4O/c1-3-12-5-8(1)6-14-9-2-4-13-11-10(9)15-7-16-11/h2,4,7-8,12H,1,3,5-6H2,(H,13,14). The van der Waals surface area contributed by atoms with Crippen LogP contribution in [0, 0.1) is 5.92 Å². The Labute approximate surface area is 93.3 Å². The zero-order valence-electron chi connectivity index (χ0n) is 8.94. The summed E-state index contributed by atoms with van der Waals surface area (Å²) in [5, 5.41) is 6.77. The van der Waals surface area contributed by atoms with Crippen molar-refractivity contribution in [2.75, 3.05) is 25.0 Å². The number of nitrogens with one attached hydrogen (secondary N) is 2. The molecule has 0 saturated carbocycles. The number of aromatic nitrogens is 2. The van der Waals surface area contributed by atoms with Crippen molar-refractivity contribution >= 4 is 16.9 Å². The molecule has 1 saturated heterocycles. The van der Waals surface area contributed by atoms with Crippen molar-refractivity contribution in [2.24, 2.45) is 5.92 Å². The summed E-state index contributed by atoms with van der Waals surface area (Å²) < 4.78 is 5.16. The Bertz CT molecular complexity index is 476. The van der Waals surface area contributed by atoms with Gasteiger partial charge in [-0.05, 0) is 31.5 Å². The van der Waals surface area contributed by atoms with Crippen LogP contribution in [0.3, 0.4) is 0 Å². The molecule has 3 rings (SSSR count). The van der Waals surface area contributed by atoms with Crippen LogP contribution in [-0.4, -0.2) is 29.6 Å². The molecule has 5 nitrogen and oxygen atoms in total. The highest BCUT2D eigenvalue weighted by Crippen LogP contribution is 2.20. The smallest absolute Gasteiger partial charge is 0.248 e. The van der Waals surface area contributed by atoms with Gasteiger partial charge >= 0.3 is 0 Å². The van der Waals surface area contributed by atoms with Crippen LogP contribution in [0.5, 0.6) is 0 Å². The fourth-order valence-corrected chi connectivity index (χ4v) is 2.06. The number of nitrogens with zero attached hydrogens (tertiary/aromatic N) is 2. The minimum atomic E-state index is 0.592. The number of pyridine rings is 1. The molecule has 2 N–H and O–H groups in total. The van der Waals surface area contributed by atoms with Crippen LogP contribution in [-0.2, 0) is 0 Å². The molecule has 0 bridgehead atoms. The first-order valence-corrected chi connectivity index (χ1v) is 5.56. The maximum atomic E-state index is 5.16. The molecule has 2 aromatic heterocycles. The van der Waals surface area contributed by atoms with E-state index in [1.165, 1.54) is 12.8 Å². The molecule has 1 unspecified atom stereocenters. The average molecular weight is 218 g/mol. The molecule has 1 atom stereocenters. The highest BCUT2D eigenvalue weighted by atomic mass is 16.3. The zero-order chi connectivity index (χ0) is 10.8. The van der Waals surface area contributed by atoms with Gasteiger partial charge in [-0.2, -0.15) is 0 Å². The minimum Gasteiger partial charge on any atom is -0.425 e. The second-order valence-corrected chi connectivity index (χ2v) is 4.10. The number of oxazole rings is 1. The van der Waals surface area contributed by atoms with Crippen LogP contribution in [0.4, 0.5) is 5.69 Å². The fraction of sp³-hybridized carbons (Fsp3) is 0.455. The Morgan fingerprint density at radius 3 is 3.38 bits per heavy atom. The molecule has 1 fully saturated rings. The van der Waals surface area contributed by atoms with E-state index >= 15 is 0 Å². The van der Waals surface area contributed by atoms with Crippen molar-refractivity contribution < 1.29 is 4.42 Å². The number of anilines is 1. The van der Waals surface area contributed by atoms with Gasteiger partial charge in [0.05, 0.1) is 5.69 Å². The Morgan fingerprint density at radius 2 is 2.50 bits per heavy atom. The van der Waals surface area contributed by atoms with E-state index in [0.29, 0.717) is 11.6 Å². The van der Waals surface area contributed by atoms with E-state index < -0.39 is 0 Å². The van der Waals surface area contributed by atoms with E-state index in [1.807, 2.05) is 6.07 Å². The van der Waals surface area contributed by atoms with E-state index in [4.69, 9.17) is 4.42 Å². The lowest BCUT2D eigenvalue weighted by Crippen LogP contribution is -2.17. The van der Waals surface area contributed by atoms with E-state index in [-0.39, 0.29) is 0 Å². The molecule has 0 aliphatic carbocycles. The molecular formula is C11H14N4O. The Kier molecular flexibility index (Phi) is 2.46. The zero-order valence-corrected chi connectivity index (χ0v) is 8.94. The topological polar surface area (TPSA) is 63.0 Å². The molecule has 2 aromatic rings. The van der Waals surface area contributed by atoms with Gasteiger partial charge < -0.3 is 15.1 Å². The number of hydrogen-bond donors (Lipinski definition) is 2. The first kappa shape index (κ1) is 9.59. The first-order valence-electron chi connectivity index (χ1n) is 5.56. The molecule has 0 amide bonds. The lowest BCUT2D eigenvalue weighted by molar-refractivity contribution is 0.590. The third kappa shape index (κ3) is 1.74. The van der Waals surface area contributed by atoms with Crippen LogP contribution in [0.2, 0.25) is 0 Å². The number of rotatable bonds is 3. The van der Waals surface area contributed by atoms with Gasteiger partial charge in [0, 0.05) is 12.7 Å². The van der Waals surface area contributed by atoms with Gasteiger partial charge in [-0.3, -0.25) is 0 Å². The van der Waals surface area contributed by atoms with Crippen molar-refractivity contribution in [2.45, 2.75) is 6.42 Å². The lowest BCUT2D eigenvalue weighted by atomic mass is 10.1. The SMILES string of the molecule is c1cc(NCC2CCNC2)c2ncoc2n1. The number of fused-ring (bicyclic) bond motifs is 1. The summed E-state index contributed by atoms with van der Waals surface area (Å²) in [4.78, 5) is 8.26. The lowest BCUT2D eigenvalue weighted by Gasteiger charge is -2.10. The monoisotopic (exact) mass is 218 g/mol. The van der Waals surface area contributed by atoms with Crippen molar-refractivity contribution in [3.05, 3.63) is 18.7 Å². The van der Waals surface area contributed by atoms with E-state index in [9.17, 15) is 0 Å². The van der Waals surface area contributed by atoms with Gasteiger partial charge in [0.2, 0.25) is 5.71 Å². The predicted octanol–water partition coefficient (Wildman–Crippen LogP) is 1.24. The molecule has 1 aliphatic heterocycles. The largest absolute Gasteiger partial charge is 0.425 e. The Hall–Kier alpha value is -1.62. The highest BCUT2D eigenvalue weighted by molar-refractivity contribution is 5.83. The summed E-state index contributed by atoms with van der Waals surface area (Å²) >= 11 is 0. The third-order valence-corrected chi connectivity index (χ3v) is 2.98. The van der Waals surface area contributed by atoms with Crippen LogP contribution in [0.15, 0.2) is 23.1 Å². The first-order chi connectivity index (χ1) is 7.93. The molecule has 16 heavy (non-hydrogen) atoms. The van der Waals surface area contributed by atoms with Crippen LogP contribution >= 0.6 is 0 Å². The van der Waals surface area contributed by atoms with Crippen molar-refractivity contribution in [3.8, 4) is 0 Å². The molecule has 84 valence electrons. The van der Waals surface area contributed by atoms with E-state index in [2.05, 4.69) is 20.6 Å². The predicted molar refractivity (Wildman–Crippen MR) is 61.3 cm³/mol. The molecule has 0 aromatic carbocycles. The molecule has 3 heterocycles. The second kappa shape index (κ2) is 4.09. The molecular weight excluding hydrogens is 204 g/mol. The fourth-order valence-electron chi connectivity index (χ4n) is 2.06. The second-order valence-electron chi connectivity index (χ2n) is 4.10. The third-order valence-electron chi connectivity index (χ3n) is 2.98. The summed E-state index contributed by atoms with van der Waals surface area (Å²) in [6.07, 6.45) is 4.41. The van der Waals surface area contributed by atoms with Crippen molar-refractivity contribution in [1.82, 2.24) is 15.3 Å². The van der Waals surface area contributed by atoms with Gasteiger partial charge in [-0.15, -0.1) is 0 Å². The minimum absolute atomic E-state index is 0.592. The molecule has 0 radical (unpaired) electrons. The average Bonchev–Trinajstić information content (AvgIpc) is 2.97. The summed E-state index contributed by atoms with van der Waals surface area (Å²) in [6.45, 7) is 3.20. The molecule has 5 heteroatoms. The molecule has 0 spiro atoms. The van der Waals surface area contributed by atoms with Crippen molar-refractivity contribution in [3.63, 3.8) is 0 Å².